The quantitative estimate of drug-likeness (QED) is 0.815. The number of carbonyl (C=O) groups is 1. The van der Waals surface area contributed by atoms with E-state index < -0.39 is 0 Å². The summed E-state index contributed by atoms with van der Waals surface area (Å²) in [7, 11) is 0. The molecule has 108 valence electrons. The zero-order chi connectivity index (χ0) is 15.1. The fourth-order valence-electron chi connectivity index (χ4n) is 1.85. The monoisotopic (exact) mass is 336 g/mol. The summed E-state index contributed by atoms with van der Waals surface area (Å²) in [6.07, 6.45) is 0. The van der Waals surface area contributed by atoms with Gasteiger partial charge in [0.2, 0.25) is 5.91 Å². The number of amides is 1. The lowest BCUT2D eigenvalue weighted by Gasteiger charge is -2.18. The number of carbonyl (C=O) groups excluding carboxylic acids is 1. The molecule has 1 aromatic carbocycles. The van der Waals surface area contributed by atoms with E-state index in [1.165, 1.54) is 11.8 Å². The molecule has 1 atom stereocenters. The smallest absolute Gasteiger partial charge is 0.230 e. The molecule has 3 nitrogen and oxygen atoms in total. The maximum Gasteiger partial charge on any atom is 0.230 e. The van der Waals surface area contributed by atoms with E-state index in [4.69, 9.17) is 16.9 Å². The van der Waals surface area contributed by atoms with Gasteiger partial charge in [0.1, 0.15) is 0 Å². The third-order valence-electron chi connectivity index (χ3n) is 2.78. The first kappa shape index (κ1) is 15.9. The zero-order valence-electron chi connectivity index (χ0n) is 11.1. The predicted octanol–water partition coefficient (Wildman–Crippen LogP) is 3.86. The Morgan fingerprint density at radius 2 is 2.10 bits per heavy atom. The van der Waals surface area contributed by atoms with Crippen LogP contribution in [0.1, 0.15) is 17.2 Å². The van der Waals surface area contributed by atoms with Gasteiger partial charge in [0, 0.05) is 5.02 Å². The van der Waals surface area contributed by atoms with Crippen molar-refractivity contribution in [3.05, 3.63) is 57.2 Å². The molecule has 0 radical (unpaired) electrons. The average molecular weight is 337 g/mol. The van der Waals surface area contributed by atoms with Crippen LogP contribution in [0.4, 0.5) is 0 Å². The Labute approximate surface area is 136 Å². The van der Waals surface area contributed by atoms with Crippen LogP contribution in [0.3, 0.4) is 0 Å². The predicted molar refractivity (Wildman–Crippen MR) is 88.7 cm³/mol. The van der Waals surface area contributed by atoms with Crippen LogP contribution in [-0.4, -0.2) is 17.4 Å². The molecule has 6 heteroatoms. The van der Waals surface area contributed by atoms with Gasteiger partial charge in [-0.2, -0.15) is 16.6 Å². The molecule has 0 aliphatic carbocycles. The van der Waals surface area contributed by atoms with Gasteiger partial charge >= 0.3 is 0 Å². The zero-order valence-corrected chi connectivity index (χ0v) is 13.5. The molecule has 0 saturated heterocycles. The number of nitrogens with one attached hydrogen (secondary N) is 1. The summed E-state index contributed by atoms with van der Waals surface area (Å²) in [5.41, 5.74) is 2.03. The Kier molecular flexibility index (Phi) is 6.12. The molecule has 0 unspecified atom stereocenters. The second-order valence-electron chi connectivity index (χ2n) is 4.26. The van der Waals surface area contributed by atoms with Crippen LogP contribution in [0.15, 0.2) is 41.1 Å². The first-order chi connectivity index (χ1) is 10.2. The molecular weight excluding hydrogens is 324 g/mol. The Hall–Kier alpha value is -1.48. The second-order valence-corrected chi connectivity index (χ2v) is 6.46. The lowest BCUT2D eigenvalue weighted by molar-refractivity contribution is -0.119. The normalized spacial score (nSPS) is 11.6. The molecule has 2 aromatic rings. The first-order valence-corrected chi connectivity index (χ1v) is 8.70. The van der Waals surface area contributed by atoms with Crippen molar-refractivity contribution in [2.24, 2.45) is 0 Å². The second kappa shape index (κ2) is 8.08. The largest absolute Gasteiger partial charge is 0.344 e. The Morgan fingerprint density at radius 3 is 2.71 bits per heavy atom. The molecule has 0 aliphatic rings. The summed E-state index contributed by atoms with van der Waals surface area (Å²) in [4.78, 5) is 12.0. The van der Waals surface area contributed by atoms with Gasteiger partial charge < -0.3 is 5.32 Å². The van der Waals surface area contributed by atoms with Crippen LogP contribution in [0.25, 0.3) is 0 Å². The van der Waals surface area contributed by atoms with Crippen molar-refractivity contribution in [3.8, 4) is 6.07 Å². The number of thioether (sulfide) groups is 1. The van der Waals surface area contributed by atoms with Crippen molar-refractivity contribution in [2.75, 3.05) is 11.5 Å². The molecule has 0 aliphatic heterocycles. The Balaban J connectivity index is 2.12. The van der Waals surface area contributed by atoms with Gasteiger partial charge in [-0.1, -0.05) is 23.7 Å². The van der Waals surface area contributed by atoms with E-state index in [9.17, 15) is 4.79 Å². The van der Waals surface area contributed by atoms with Gasteiger partial charge in [-0.15, -0.1) is 11.8 Å². The number of halogens is 1. The van der Waals surface area contributed by atoms with E-state index in [0.717, 1.165) is 11.1 Å². The van der Waals surface area contributed by atoms with Gasteiger partial charge in [-0.3, -0.25) is 4.79 Å². The van der Waals surface area contributed by atoms with Crippen LogP contribution >= 0.6 is 34.7 Å². The SMILES string of the molecule is N#CCSCC(=O)N[C@H](c1ccc(Cl)cc1)c1ccsc1. The maximum absolute atomic E-state index is 12.0. The molecule has 1 amide bonds. The minimum absolute atomic E-state index is 0.0820. The fourth-order valence-corrected chi connectivity index (χ4v) is 3.12. The number of hydrogen-bond donors (Lipinski definition) is 1. The molecule has 1 aromatic heterocycles. The van der Waals surface area contributed by atoms with Crippen molar-refractivity contribution in [3.63, 3.8) is 0 Å². The van der Waals surface area contributed by atoms with E-state index in [-0.39, 0.29) is 17.7 Å². The van der Waals surface area contributed by atoms with Gasteiger partial charge in [0.05, 0.1) is 23.6 Å². The summed E-state index contributed by atoms with van der Waals surface area (Å²) >= 11 is 8.81. The number of benzene rings is 1. The lowest BCUT2D eigenvalue weighted by atomic mass is 10.0. The standard InChI is InChI=1S/C15H13ClN2OS2/c16-13-3-1-11(2-4-13)15(12-5-7-20-9-12)18-14(19)10-21-8-6-17/h1-5,7,9,15H,8,10H2,(H,18,19)/t15-/m1/s1. The maximum atomic E-state index is 12.0. The first-order valence-electron chi connectivity index (χ1n) is 6.22. The highest BCUT2D eigenvalue weighted by atomic mass is 35.5. The van der Waals surface area contributed by atoms with Crippen molar-refractivity contribution < 1.29 is 4.79 Å². The molecule has 21 heavy (non-hydrogen) atoms. The fraction of sp³-hybridized carbons (Fsp3) is 0.200. The number of thiophene rings is 1. The topological polar surface area (TPSA) is 52.9 Å². The third-order valence-corrected chi connectivity index (χ3v) is 4.54. The molecule has 0 spiro atoms. The van der Waals surface area contributed by atoms with Crippen molar-refractivity contribution in [1.29, 1.82) is 5.26 Å². The number of hydrogen-bond acceptors (Lipinski definition) is 4. The highest BCUT2D eigenvalue weighted by Gasteiger charge is 2.17. The molecule has 1 heterocycles. The van der Waals surface area contributed by atoms with Gasteiger partial charge in [0.15, 0.2) is 0 Å². The third kappa shape index (κ3) is 4.78. The summed E-state index contributed by atoms with van der Waals surface area (Å²) in [5, 5.41) is 16.2. The van der Waals surface area contributed by atoms with Crippen LogP contribution < -0.4 is 5.32 Å². The Morgan fingerprint density at radius 1 is 1.33 bits per heavy atom. The minimum atomic E-state index is -0.191. The van der Waals surface area contributed by atoms with Crippen LogP contribution in [-0.2, 0) is 4.79 Å². The van der Waals surface area contributed by atoms with E-state index in [2.05, 4.69) is 5.32 Å². The highest BCUT2D eigenvalue weighted by Crippen LogP contribution is 2.25. The molecule has 2 rings (SSSR count). The van der Waals surface area contributed by atoms with Crippen molar-refractivity contribution in [2.45, 2.75) is 6.04 Å². The highest BCUT2D eigenvalue weighted by molar-refractivity contribution is 8.00. The molecule has 0 saturated carbocycles. The van der Waals surface area contributed by atoms with Crippen molar-refractivity contribution in [1.82, 2.24) is 5.32 Å². The number of rotatable bonds is 6. The van der Waals surface area contributed by atoms with E-state index in [1.807, 2.05) is 47.2 Å². The van der Waals surface area contributed by atoms with Gasteiger partial charge in [-0.05, 0) is 40.1 Å². The van der Waals surface area contributed by atoms with Gasteiger partial charge in [-0.25, -0.2) is 0 Å². The Bertz CT molecular complexity index is 620. The molecular formula is C15H13ClN2OS2. The van der Waals surface area contributed by atoms with Crippen LogP contribution in [0.5, 0.6) is 0 Å². The molecule has 0 fully saturated rings. The van der Waals surface area contributed by atoms with Gasteiger partial charge in [0.25, 0.3) is 0 Å². The minimum Gasteiger partial charge on any atom is -0.344 e. The van der Waals surface area contributed by atoms with Crippen molar-refractivity contribution >= 4 is 40.6 Å². The summed E-state index contributed by atoms with van der Waals surface area (Å²) in [5.74, 6) is 0.514. The van der Waals surface area contributed by atoms with Crippen LogP contribution in [0, 0.1) is 11.3 Å². The van der Waals surface area contributed by atoms with E-state index in [0.29, 0.717) is 10.8 Å². The summed E-state index contributed by atoms with van der Waals surface area (Å²) in [6.45, 7) is 0. The number of nitrogens with zero attached hydrogens (tertiary/aromatic N) is 1. The summed E-state index contributed by atoms with van der Waals surface area (Å²) < 4.78 is 0. The summed E-state index contributed by atoms with van der Waals surface area (Å²) in [6, 6.07) is 11.3. The lowest BCUT2D eigenvalue weighted by Crippen LogP contribution is -2.30. The number of nitriles is 1. The average Bonchev–Trinajstić information content (AvgIpc) is 3.00. The van der Waals surface area contributed by atoms with E-state index in [1.54, 1.807) is 11.3 Å². The van der Waals surface area contributed by atoms with Crippen LogP contribution in [0.2, 0.25) is 5.02 Å². The van der Waals surface area contributed by atoms with E-state index >= 15 is 0 Å². The molecule has 0 bridgehead atoms. The molecule has 1 N–H and O–H groups in total.